The molecule has 2 N–H and O–H groups in total. The van der Waals surface area contributed by atoms with Crippen LogP contribution < -0.4 is 5.32 Å². The zero-order chi connectivity index (χ0) is 13.9. The van der Waals surface area contributed by atoms with Crippen LogP contribution in [0.2, 0.25) is 0 Å². The third-order valence-electron chi connectivity index (χ3n) is 2.88. The fourth-order valence-corrected chi connectivity index (χ4v) is 1.67. The maximum Gasteiger partial charge on any atom is 0.0720 e. The summed E-state index contributed by atoms with van der Waals surface area (Å²) in [5.74, 6) is 0. The van der Waals surface area contributed by atoms with Gasteiger partial charge in [-0.25, -0.2) is 0 Å². The zero-order valence-corrected chi connectivity index (χ0v) is 12.3. The Morgan fingerprint density at radius 2 is 1.61 bits per heavy atom. The summed E-state index contributed by atoms with van der Waals surface area (Å²) in [6.45, 7) is 12.7. The summed E-state index contributed by atoms with van der Waals surface area (Å²) in [4.78, 5) is 8.95. The van der Waals surface area contributed by atoms with Crippen molar-refractivity contribution in [3.05, 3.63) is 22.8 Å². The van der Waals surface area contributed by atoms with Crippen LogP contribution in [0.5, 0.6) is 0 Å². The van der Waals surface area contributed by atoms with Crippen molar-refractivity contribution >= 4 is 0 Å². The van der Waals surface area contributed by atoms with Crippen molar-refractivity contribution in [2.45, 2.75) is 59.6 Å². The van der Waals surface area contributed by atoms with E-state index in [1.807, 2.05) is 20.8 Å². The Balaban J connectivity index is 2.65. The van der Waals surface area contributed by atoms with Crippen molar-refractivity contribution in [1.82, 2.24) is 15.3 Å². The molecule has 0 spiro atoms. The van der Waals surface area contributed by atoms with E-state index in [-0.39, 0.29) is 5.54 Å². The van der Waals surface area contributed by atoms with E-state index in [1.165, 1.54) is 0 Å². The second-order valence-corrected chi connectivity index (χ2v) is 5.92. The Hall–Kier alpha value is -1.00. The molecule has 1 heterocycles. The average molecular weight is 251 g/mol. The van der Waals surface area contributed by atoms with E-state index in [0.717, 1.165) is 22.8 Å². The van der Waals surface area contributed by atoms with E-state index < -0.39 is 6.10 Å². The number of hydrogen-bond donors (Lipinski definition) is 2. The third-order valence-corrected chi connectivity index (χ3v) is 2.88. The lowest BCUT2D eigenvalue weighted by molar-refractivity contribution is 0.159. The molecule has 1 aromatic rings. The van der Waals surface area contributed by atoms with Crippen molar-refractivity contribution < 1.29 is 5.11 Å². The van der Waals surface area contributed by atoms with Crippen molar-refractivity contribution in [2.75, 3.05) is 6.54 Å². The minimum Gasteiger partial charge on any atom is -0.391 e. The van der Waals surface area contributed by atoms with Crippen LogP contribution in [0.3, 0.4) is 0 Å². The van der Waals surface area contributed by atoms with E-state index >= 15 is 0 Å². The number of β-amino-alcohol motifs (C(OH)–C–C–N with tert-alkyl or cyclic N) is 1. The molecule has 0 fully saturated rings. The lowest BCUT2D eigenvalue weighted by Gasteiger charge is -2.23. The largest absolute Gasteiger partial charge is 0.391 e. The molecule has 0 aliphatic rings. The van der Waals surface area contributed by atoms with Gasteiger partial charge in [0.2, 0.25) is 0 Å². The summed E-state index contributed by atoms with van der Waals surface area (Å²) in [5, 5.41) is 13.3. The number of hydrogen-bond acceptors (Lipinski definition) is 4. The number of aromatic nitrogens is 2. The molecule has 1 rings (SSSR count). The first-order valence-corrected chi connectivity index (χ1v) is 6.43. The maximum atomic E-state index is 10.0. The van der Waals surface area contributed by atoms with Crippen LogP contribution in [-0.4, -0.2) is 33.3 Å². The molecule has 4 nitrogen and oxygen atoms in total. The second kappa shape index (κ2) is 5.76. The Morgan fingerprint density at radius 3 is 2.17 bits per heavy atom. The Bertz CT molecular complexity index is 410. The van der Waals surface area contributed by atoms with Gasteiger partial charge >= 0.3 is 0 Å². The number of aliphatic hydroxyl groups is 1. The van der Waals surface area contributed by atoms with Gasteiger partial charge in [-0.15, -0.1) is 0 Å². The molecule has 0 aliphatic carbocycles. The summed E-state index contributed by atoms with van der Waals surface area (Å²) >= 11 is 0. The summed E-state index contributed by atoms with van der Waals surface area (Å²) in [7, 11) is 0. The first-order valence-electron chi connectivity index (χ1n) is 6.43. The SMILES string of the molecule is Cc1nc(C)c(CC(O)CNC(C)(C)C)nc1C. The highest BCUT2D eigenvalue weighted by Crippen LogP contribution is 2.09. The highest BCUT2D eigenvalue weighted by molar-refractivity contribution is 5.18. The van der Waals surface area contributed by atoms with Crippen LogP contribution in [-0.2, 0) is 6.42 Å². The van der Waals surface area contributed by atoms with Gasteiger partial charge in [0.15, 0.2) is 0 Å². The third kappa shape index (κ3) is 4.70. The van der Waals surface area contributed by atoms with Gasteiger partial charge in [-0.1, -0.05) is 0 Å². The summed E-state index contributed by atoms with van der Waals surface area (Å²) in [5.41, 5.74) is 3.71. The number of aliphatic hydroxyl groups excluding tert-OH is 1. The number of nitrogens with zero attached hydrogens (tertiary/aromatic N) is 2. The van der Waals surface area contributed by atoms with Gasteiger partial charge in [0, 0.05) is 18.5 Å². The minimum atomic E-state index is -0.431. The van der Waals surface area contributed by atoms with Crippen molar-refractivity contribution in [2.24, 2.45) is 0 Å². The maximum absolute atomic E-state index is 10.0. The first kappa shape index (κ1) is 15.1. The molecule has 0 saturated heterocycles. The topological polar surface area (TPSA) is 58.0 Å². The fourth-order valence-electron chi connectivity index (χ4n) is 1.67. The molecule has 102 valence electrons. The number of rotatable bonds is 4. The van der Waals surface area contributed by atoms with Crippen LogP contribution in [0.1, 0.15) is 43.5 Å². The Morgan fingerprint density at radius 1 is 1.06 bits per heavy atom. The van der Waals surface area contributed by atoms with Gasteiger partial charge in [-0.3, -0.25) is 9.97 Å². The van der Waals surface area contributed by atoms with Crippen LogP contribution in [0.4, 0.5) is 0 Å². The van der Waals surface area contributed by atoms with Gasteiger partial charge in [0.05, 0.1) is 28.9 Å². The van der Waals surface area contributed by atoms with Crippen LogP contribution in [0.25, 0.3) is 0 Å². The second-order valence-electron chi connectivity index (χ2n) is 5.92. The van der Waals surface area contributed by atoms with Gasteiger partial charge in [0.25, 0.3) is 0 Å². The highest BCUT2D eigenvalue weighted by atomic mass is 16.3. The predicted octanol–water partition coefficient (Wildman–Crippen LogP) is 1.69. The molecule has 0 saturated carbocycles. The monoisotopic (exact) mass is 251 g/mol. The number of aryl methyl sites for hydroxylation is 3. The Labute approximate surface area is 110 Å². The molecular formula is C14H25N3O. The van der Waals surface area contributed by atoms with Gasteiger partial charge in [0.1, 0.15) is 0 Å². The molecule has 4 heteroatoms. The molecule has 1 aromatic heterocycles. The van der Waals surface area contributed by atoms with Crippen molar-refractivity contribution in [1.29, 1.82) is 0 Å². The van der Waals surface area contributed by atoms with Crippen LogP contribution in [0, 0.1) is 20.8 Å². The highest BCUT2D eigenvalue weighted by Gasteiger charge is 2.15. The minimum absolute atomic E-state index is 0.0187. The van der Waals surface area contributed by atoms with E-state index in [9.17, 15) is 5.11 Å². The molecule has 0 bridgehead atoms. The molecule has 1 unspecified atom stereocenters. The van der Waals surface area contributed by atoms with Crippen LogP contribution in [0.15, 0.2) is 0 Å². The van der Waals surface area contributed by atoms with E-state index in [4.69, 9.17) is 0 Å². The summed E-state index contributed by atoms with van der Waals surface area (Å²) in [6.07, 6.45) is 0.114. The zero-order valence-electron chi connectivity index (χ0n) is 12.3. The predicted molar refractivity (Wildman–Crippen MR) is 73.7 cm³/mol. The Kier molecular flexibility index (Phi) is 4.82. The molecule has 0 radical (unpaired) electrons. The van der Waals surface area contributed by atoms with Crippen molar-refractivity contribution in [3.8, 4) is 0 Å². The average Bonchev–Trinajstić information content (AvgIpc) is 2.22. The molecular weight excluding hydrogens is 226 g/mol. The molecule has 0 aromatic carbocycles. The van der Waals surface area contributed by atoms with E-state index in [0.29, 0.717) is 13.0 Å². The molecule has 1 atom stereocenters. The number of nitrogens with one attached hydrogen (secondary N) is 1. The normalized spacial score (nSPS) is 13.7. The van der Waals surface area contributed by atoms with Crippen LogP contribution >= 0.6 is 0 Å². The lowest BCUT2D eigenvalue weighted by Crippen LogP contribution is -2.41. The quantitative estimate of drug-likeness (QED) is 0.855. The lowest BCUT2D eigenvalue weighted by atomic mass is 10.1. The van der Waals surface area contributed by atoms with Gasteiger partial charge in [-0.2, -0.15) is 0 Å². The molecule has 0 aliphatic heterocycles. The summed E-state index contributed by atoms with van der Waals surface area (Å²) in [6, 6.07) is 0. The standard InChI is InChI=1S/C14H25N3O/c1-9-10(2)17-13(11(3)16-9)7-12(18)8-15-14(4,5)6/h12,15,18H,7-8H2,1-6H3. The summed E-state index contributed by atoms with van der Waals surface area (Å²) < 4.78 is 0. The van der Waals surface area contributed by atoms with E-state index in [1.54, 1.807) is 0 Å². The first-order chi connectivity index (χ1) is 8.19. The molecule has 18 heavy (non-hydrogen) atoms. The van der Waals surface area contributed by atoms with Crippen molar-refractivity contribution in [3.63, 3.8) is 0 Å². The molecule has 0 amide bonds. The fraction of sp³-hybridized carbons (Fsp3) is 0.714. The smallest absolute Gasteiger partial charge is 0.0720 e. The van der Waals surface area contributed by atoms with E-state index in [2.05, 4.69) is 36.1 Å². The van der Waals surface area contributed by atoms with Gasteiger partial charge in [-0.05, 0) is 41.5 Å². The van der Waals surface area contributed by atoms with Gasteiger partial charge < -0.3 is 10.4 Å².